The van der Waals surface area contributed by atoms with Crippen molar-refractivity contribution in [2.24, 2.45) is 5.10 Å². The van der Waals surface area contributed by atoms with Crippen molar-refractivity contribution in [1.29, 1.82) is 0 Å². The maximum absolute atomic E-state index is 13.6. The van der Waals surface area contributed by atoms with Gasteiger partial charge in [-0.1, -0.05) is 60.1 Å². The molecule has 0 bridgehead atoms. The number of amides is 1. The van der Waals surface area contributed by atoms with Crippen LogP contribution in [-0.2, 0) is 22.7 Å². The van der Waals surface area contributed by atoms with Gasteiger partial charge in [-0.25, -0.2) is 13.8 Å². The highest BCUT2D eigenvalue weighted by Gasteiger charge is 2.30. The number of aryl methyl sites for hydroxylation is 1. The molecule has 0 fully saturated rings. The highest BCUT2D eigenvalue weighted by molar-refractivity contribution is 7.92. The first-order chi connectivity index (χ1) is 18.9. The Bertz CT molecular complexity index is 1640. The summed E-state index contributed by atoms with van der Waals surface area (Å²) in [6, 6.07) is 23.8. The van der Waals surface area contributed by atoms with Crippen LogP contribution < -0.4 is 9.73 Å². The topological polar surface area (TPSA) is 78.8 Å². The maximum atomic E-state index is 13.6. The van der Waals surface area contributed by atoms with E-state index >= 15 is 0 Å². The Morgan fingerprint density at radius 1 is 0.950 bits per heavy atom. The molecule has 40 heavy (non-hydrogen) atoms. The van der Waals surface area contributed by atoms with Gasteiger partial charge in [0, 0.05) is 10.6 Å². The van der Waals surface area contributed by atoms with E-state index in [4.69, 9.17) is 11.6 Å². The van der Waals surface area contributed by atoms with Gasteiger partial charge in [-0.3, -0.25) is 9.10 Å². The molecule has 0 heterocycles. The van der Waals surface area contributed by atoms with E-state index in [1.807, 2.05) is 0 Å². The number of rotatable bonds is 8. The minimum Gasteiger partial charge on any atom is -0.267 e. The Kier molecular flexibility index (Phi) is 8.61. The molecule has 206 valence electrons. The zero-order chi connectivity index (χ0) is 28.9. The molecule has 0 saturated heterocycles. The van der Waals surface area contributed by atoms with Crippen LogP contribution in [0, 0.1) is 6.92 Å². The number of alkyl halides is 3. The third-order valence-corrected chi connectivity index (χ3v) is 7.92. The van der Waals surface area contributed by atoms with Crippen molar-refractivity contribution >= 4 is 39.4 Å². The monoisotopic (exact) mass is 585 g/mol. The van der Waals surface area contributed by atoms with E-state index in [1.165, 1.54) is 40.7 Å². The van der Waals surface area contributed by atoms with Crippen LogP contribution in [0.3, 0.4) is 0 Å². The van der Waals surface area contributed by atoms with Crippen LogP contribution in [0.15, 0.2) is 107 Å². The molecule has 0 aliphatic rings. The Hall–Kier alpha value is -4.15. The van der Waals surface area contributed by atoms with E-state index in [0.29, 0.717) is 21.8 Å². The average Bonchev–Trinajstić information content (AvgIpc) is 2.93. The van der Waals surface area contributed by atoms with Gasteiger partial charge in [-0.05, 0) is 72.1 Å². The predicted octanol–water partition coefficient (Wildman–Crippen LogP) is 6.83. The highest BCUT2D eigenvalue weighted by Crippen LogP contribution is 2.31. The van der Waals surface area contributed by atoms with Crippen molar-refractivity contribution in [2.75, 3.05) is 4.31 Å². The van der Waals surface area contributed by atoms with Gasteiger partial charge in [0.15, 0.2) is 0 Å². The van der Waals surface area contributed by atoms with Crippen LogP contribution >= 0.6 is 11.6 Å². The molecule has 4 aromatic carbocycles. The van der Waals surface area contributed by atoms with Crippen molar-refractivity contribution in [2.45, 2.75) is 24.5 Å². The van der Waals surface area contributed by atoms with Gasteiger partial charge < -0.3 is 0 Å². The van der Waals surface area contributed by atoms with Crippen LogP contribution in [0.25, 0.3) is 0 Å². The molecule has 0 unspecified atom stereocenters. The number of halogens is 4. The van der Waals surface area contributed by atoms with E-state index in [2.05, 4.69) is 10.5 Å². The van der Waals surface area contributed by atoms with E-state index < -0.39 is 27.7 Å². The Balaban J connectivity index is 1.53. The summed E-state index contributed by atoms with van der Waals surface area (Å²) in [6.45, 7) is 1.75. The Morgan fingerprint density at radius 3 is 2.33 bits per heavy atom. The second-order valence-electron chi connectivity index (χ2n) is 8.77. The first-order valence-electron chi connectivity index (χ1n) is 11.9. The second kappa shape index (κ2) is 11.9. The number of nitrogens with one attached hydrogen (secondary N) is 1. The summed E-state index contributed by atoms with van der Waals surface area (Å²) in [5.41, 5.74) is 3.57. The number of anilines is 1. The lowest BCUT2D eigenvalue weighted by molar-refractivity contribution is -0.137. The van der Waals surface area contributed by atoms with E-state index in [1.54, 1.807) is 55.5 Å². The summed E-state index contributed by atoms with van der Waals surface area (Å²) < 4.78 is 67.2. The predicted molar refractivity (Wildman–Crippen MR) is 149 cm³/mol. The van der Waals surface area contributed by atoms with Crippen molar-refractivity contribution in [1.82, 2.24) is 5.43 Å². The van der Waals surface area contributed by atoms with Gasteiger partial charge in [-0.2, -0.15) is 18.3 Å². The zero-order valence-corrected chi connectivity index (χ0v) is 22.6. The molecule has 4 aromatic rings. The van der Waals surface area contributed by atoms with Crippen molar-refractivity contribution in [3.8, 4) is 0 Å². The fraction of sp³-hybridized carbons (Fsp3) is 0.103. The third-order valence-electron chi connectivity index (χ3n) is 5.91. The van der Waals surface area contributed by atoms with Gasteiger partial charge in [0.2, 0.25) is 0 Å². The molecule has 0 saturated carbocycles. The Labute approximate surface area is 234 Å². The van der Waals surface area contributed by atoms with Crippen LogP contribution in [0.1, 0.15) is 32.6 Å². The number of benzene rings is 4. The lowest BCUT2D eigenvalue weighted by Gasteiger charge is -2.26. The summed E-state index contributed by atoms with van der Waals surface area (Å²) in [6.07, 6.45) is -3.38. The second-order valence-corrected chi connectivity index (χ2v) is 11.1. The van der Waals surface area contributed by atoms with Crippen molar-refractivity contribution in [3.05, 3.63) is 130 Å². The number of carbonyl (C=O) groups excluding carboxylic acids is 1. The number of carbonyl (C=O) groups is 1. The van der Waals surface area contributed by atoms with Gasteiger partial charge >= 0.3 is 6.18 Å². The van der Waals surface area contributed by atoms with Crippen LogP contribution in [-0.4, -0.2) is 20.5 Å². The first kappa shape index (κ1) is 28.8. The van der Waals surface area contributed by atoms with Crippen molar-refractivity contribution < 1.29 is 26.4 Å². The number of hydrogen-bond donors (Lipinski definition) is 1. The number of hydrogen-bond acceptors (Lipinski definition) is 4. The number of sulfonamides is 1. The van der Waals surface area contributed by atoms with Crippen molar-refractivity contribution in [3.63, 3.8) is 0 Å². The van der Waals surface area contributed by atoms with Crippen LogP contribution in [0.2, 0.25) is 5.02 Å². The maximum Gasteiger partial charge on any atom is 0.416 e. The summed E-state index contributed by atoms with van der Waals surface area (Å²) in [4.78, 5) is 12.6. The molecule has 0 aromatic heterocycles. The van der Waals surface area contributed by atoms with Crippen LogP contribution in [0.4, 0.5) is 18.9 Å². The lowest BCUT2D eigenvalue weighted by Crippen LogP contribution is -2.31. The standard InChI is InChI=1S/C29H23ClF3N3O3S/c1-20-10-15-25(30)17-27(20)36(40(38,39)26-8-3-2-4-9-26)19-21-11-13-23(14-12-21)28(37)35-34-18-22-6-5-7-24(16-22)29(31,32)33/h2-18H,19H2,1H3,(H,35,37)/b34-18-. The molecule has 0 radical (unpaired) electrons. The highest BCUT2D eigenvalue weighted by atomic mass is 35.5. The minimum absolute atomic E-state index is 0.0337. The van der Waals surface area contributed by atoms with E-state index in [-0.39, 0.29) is 22.6 Å². The molecule has 0 spiro atoms. The average molecular weight is 586 g/mol. The van der Waals surface area contributed by atoms with Gasteiger partial charge in [0.25, 0.3) is 15.9 Å². The Morgan fingerprint density at radius 2 is 1.65 bits per heavy atom. The summed E-state index contributed by atoms with van der Waals surface area (Å²) >= 11 is 6.20. The summed E-state index contributed by atoms with van der Waals surface area (Å²) in [7, 11) is -3.96. The summed E-state index contributed by atoms with van der Waals surface area (Å²) in [5, 5.41) is 4.12. The number of nitrogens with zero attached hydrogens (tertiary/aromatic N) is 2. The molecule has 0 atom stereocenters. The quantitative estimate of drug-likeness (QED) is 0.182. The number of hydrazone groups is 1. The zero-order valence-electron chi connectivity index (χ0n) is 21.1. The largest absolute Gasteiger partial charge is 0.416 e. The third kappa shape index (κ3) is 6.88. The van der Waals surface area contributed by atoms with Gasteiger partial charge in [-0.15, -0.1) is 0 Å². The molecule has 0 aliphatic carbocycles. The fourth-order valence-electron chi connectivity index (χ4n) is 3.82. The SMILES string of the molecule is Cc1ccc(Cl)cc1N(Cc1ccc(C(=O)N/N=C\c2cccc(C(F)(F)F)c2)cc1)S(=O)(=O)c1ccccc1. The van der Waals surface area contributed by atoms with Gasteiger partial charge in [0.1, 0.15) is 0 Å². The molecule has 0 aliphatic heterocycles. The normalized spacial score (nSPS) is 11.9. The lowest BCUT2D eigenvalue weighted by atomic mass is 10.1. The smallest absolute Gasteiger partial charge is 0.267 e. The van der Waals surface area contributed by atoms with Gasteiger partial charge in [0.05, 0.1) is 28.9 Å². The molecular formula is C29H23ClF3N3O3S. The fourth-order valence-corrected chi connectivity index (χ4v) is 5.52. The van der Waals surface area contributed by atoms with Crippen LogP contribution in [0.5, 0.6) is 0 Å². The molecule has 1 N–H and O–H groups in total. The van der Waals surface area contributed by atoms with E-state index in [0.717, 1.165) is 18.3 Å². The molecule has 11 heteroatoms. The summed E-state index contributed by atoms with van der Waals surface area (Å²) in [5.74, 6) is -0.589. The molecule has 4 rings (SSSR count). The first-order valence-corrected chi connectivity index (χ1v) is 13.7. The molecular weight excluding hydrogens is 563 g/mol. The molecule has 6 nitrogen and oxygen atoms in total. The van der Waals surface area contributed by atoms with E-state index in [9.17, 15) is 26.4 Å². The minimum atomic E-state index is -4.49. The molecule has 1 amide bonds.